The number of aryl methyl sites for hydroxylation is 2. The van der Waals surface area contributed by atoms with Gasteiger partial charge in [0.2, 0.25) is 5.91 Å². The molecular weight excluding hydrogens is 535 g/mol. The predicted octanol–water partition coefficient (Wildman–Crippen LogP) is 6.14. The van der Waals surface area contributed by atoms with Crippen LogP contribution < -0.4 is 10.1 Å². The quantitative estimate of drug-likeness (QED) is 0.337. The third-order valence-electron chi connectivity index (χ3n) is 5.81. The molecule has 0 aromatic heterocycles. The van der Waals surface area contributed by atoms with Gasteiger partial charge in [-0.1, -0.05) is 58.4 Å². The molecule has 0 radical (unpaired) electrons. The van der Waals surface area contributed by atoms with Crippen LogP contribution in [0, 0.1) is 19.7 Å². The Labute approximate surface area is 227 Å². The van der Waals surface area contributed by atoms with Crippen molar-refractivity contribution >= 4 is 27.7 Å². The second-order valence-corrected chi connectivity index (χ2v) is 11.0. The van der Waals surface area contributed by atoms with E-state index in [-0.39, 0.29) is 30.8 Å². The van der Waals surface area contributed by atoms with Crippen molar-refractivity contribution in [3.63, 3.8) is 0 Å². The third-order valence-corrected chi connectivity index (χ3v) is 7.06. The van der Waals surface area contributed by atoms with E-state index in [1.165, 1.54) is 17.0 Å². The second-order valence-electron chi connectivity index (χ2n) is 10.3. The van der Waals surface area contributed by atoms with Crippen molar-refractivity contribution in [3.05, 3.63) is 99.3 Å². The molecule has 0 bridgehead atoms. The molecule has 0 aliphatic rings. The highest BCUT2D eigenvalue weighted by atomic mass is 79.9. The fourth-order valence-electron chi connectivity index (χ4n) is 4.01. The number of nitrogens with zero attached hydrogens (tertiary/aromatic N) is 1. The van der Waals surface area contributed by atoms with Crippen molar-refractivity contribution < 1.29 is 18.7 Å². The van der Waals surface area contributed by atoms with Crippen molar-refractivity contribution in [2.45, 2.75) is 59.2 Å². The van der Waals surface area contributed by atoms with E-state index in [0.717, 1.165) is 21.2 Å². The Bertz CT molecular complexity index is 1200. The first-order valence-electron chi connectivity index (χ1n) is 12.2. The minimum absolute atomic E-state index is 0.135. The fourth-order valence-corrected chi connectivity index (χ4v) is 4.24. The van der Waals surface area contributed by atoms with Gasteiger partial charge in [-0.05, 0) is 81.1 Å². The maximum absolute atomic E-state index is 13.7. The maximum Gasteiger partial charge on any atom is 0.261 e. The molecule has 0 aliphatic carbocycles. The molecule has 3 rings (SSSR count). The maximum atomic E-state index is 13.7. The van der Waals surface area contributed by atoms with Gasteiger partial charge in [0.05, 0.1) is 0 Å². The van der Waals surface area contributed by atoms with E-state index in [9.17, 15) is 14.0 Å². The molecule has 37 heavy (non-hydrogen) atoms. The monoisotopic (exact) mass is 568 g/mol. The first-order chi connectivity index (χ1) is 17.4. The lowest BCUT2D eigenvalue weighted by Gasteiger charge is -2.33. The molecule has 5 nitrogen and oxygen atoms in total. The molecular formula is C30H34BrFN2O3. The van der Waals surface area contributed by atoms with Crippen molar-refractivity contribution in [2.24, 2.45) is 0 Å². The van der Waals surface area contributed by atoms with Crippen LogP contribution in [0.2, 0.25) is 0 Å². The summed E-state index contributed by atoms with van der Waals surface area (Å²) in [6.45, 7) is 9.51. The lowest BCUT2D eigenvalue weighted by molar-refractivity contribution is -0.143. The van der Waals surface area contributed by atoms with Crippen molar-refractivity contribution in [2.75, 3.05) is 6.61 Å². The second kappa shape index (κ2) is 12.4. The number of hydrogen-bond donors (Lipinski definition) is 1. The Morgan fingerprint density at radius 2 is 1.57 bits per heavy atom. The standard InChI is InChI=1S/C30H34BrFN2O3/c1-20-15-25(16-21(2)28(20)31)37-19-27(35)34(18-23-11-13-24(32)14-12-23)26(29(36)33-30(3,4)5)17-22-9-7-6-8-10-22/h6-16,26H,17-19H2,1-5H3,(H,33,36). The van der Waals surface area contributed by atoms with Crippen LogP contribution in [0.5, 0.6) is 5.75 Å². The molecule has 0 saturated carbocycles. The van der Waals surface area contributed by atoms with Gasteiger partial charge in [-0.2, -0.15) is 0 Å². The summed E-state index contributed by atoms with van der Waals surface area (Å²) in [5.41, 5.74) is 3.15. The summed E-state index contributed by atoms with van der Waals surface area (Å²) in [5, 5.41) is 3.03. The number of carbonyl (C=O) groups excluding carboxylic acids is 2. The summed E-state index contributed by atoms with van der Waals surface area (Å²) >= 11 is 3.55. The number of amides is 2. The summed E-state index contributed by atoms with van der Waals surface area (Å²) in [4.78, 5) is 28.7. The van der Waals surface area contributed by atoms with Crippen molar-refractivity contribution in [1.29, 1.82) is 0 Å². The molecule has 0 fully saturated rings. The molecule has 0 aliphatic heterocycles. The largest absolute Gasteiger partial charge is 0.484 e. The molecule has 1 unspecified atom stereocenters. The Balaban J connectivity index is 1.94. The summed E-state index contributed by atoms with van der Waals surface area (Å²) in [7, 11) is 0. The smallest absolute Gasteiger partial charge is 0.261 e. The van der Waals surface area contributed by atoms with Crippen LogP contribution in [0.4, 0.5) is 4.39 Å². The van der Waals surface area contributed by atoms with E-state index in [2.05, 4.69) is 21.2 Å². The van der Waals surface area contributed by atoms with E-state index in [1.54, 1.807) is 12.1 Å². The Kier molecular flexibility index (Phi) is 9.49. The van der Waals surface area contributed by atoms with Crippen LogP contribution in [-0.2, 0) is 22.6 Å². The lowest BCUT2D eigenvalue weighted by atomic mass is 10.0. The Morgan fingerprint density at radius 3 is 2.14 bits per heavy atom. The van der Waals surface area contributed by atoms with Gasteiger partial charge in [0.25, 0.3) is 5.91 Å². The number of nitrogens with one attached hydrogen (secondary N) is 1. The zero-order chi connectivity index (χ0) is 27.2. The van der Waals surface area contributed by atoms with Gasteiger partial charge < -0.3 is 15.0 Å². The summed E-state index contributed by atoms with van der Waals surface area (Å²) in [6, 6.07) is 18.5. The molecule has 7 heteroatoms. The fraction of sp³-hybridized carbons (Fsp3) is 0.333. The van der Waals surface area contributed by atoms with E-state index in [0.29, 0.717) is 17.7 Å². The Morgan fingerprint density at radius 1 is 0.973 bits per heavy atom. The van der Waals surface area contributed by atoms with Crippen LogP contribution in [0.1, 0.15) is 43.0 Å². The van der Waals surface area contributed by atoms with Crippen LogP contribution in [0.15, 0.2) is 71.2 Å². The van der Waals surface area contributed by atoms with E-state index >= 15 is 0 Å². The SMILES string of the molecule is Cc1cc(OCC(=O)N(Cc2ccc(F)cc2)C(Cc2ccccc2)C(=O)NC(C)(C)C)cc(C)c1Br. The average molecular weight is 570 g/mol. The van der Waals surface area contributed by atoms with Gasteiger partial charge in [-0.15, -0.1) is 0 Å². The van der Waals surface area contributed by atoms with E-state index < -0.39 is 11.6 Å². The number of carbonyl (C=O) groups is 2. The number of ether oxygens (including phenoxy) is 1. The van der Waals surface area contributed by atoms with Crippen molar-refractivity contribution in [1.82, 2.24) is 10.2 Å². The van der Waals surface area contributed by atoms with Gasteiger partial charge in [0.15, 0.2) is 6.61 Å². The third kappa shape index (κ3) is 8.42. The molecule has 1 atom stereocenters. The molecule has 3 aromatic rings. The topological polar surface area (TPSA) is 58.6 Å². The highest BCUT2D eigenvalue weighted by molar-refractivity contribution is 9.10. The van der Waals surface area contributed by atoms with Gasteiger partial charge in [-0.25, -0.2) is 4.39 Å². The van der Waals surface area contributed by atoms with Crippen LogP contribution in [0.25, 0.3) is 0 Å². The molecule has 196 valence electrons. The summed E-state index contributed by atoms with van der Waals surface area (Å²) in [5.74, 6) is -0.390. The van der Waals surface area contributed by atoms with Gasteiger partial charge >= 0.3 is 0 Å². The highest BCUT2D eigenvalue weighted by Crippen LogP contribution is 2.26. The first-order valence-corrected chi connectivity index (χ1v) is 13.0. The minimum atomic E-state index is -0.795. The average Bonchev–Trinajstić information content (AvgIpc) is 2.83. The molecule has 3 aromatic carbocycles. The van der Waals surface area contributed by atoms with Crippen molar-refractivity contribution in [3.8, 4) is 5.75 Å². The summed E-state index contributed by atoms with van der Waals surface area (Å²) in [6.07, 6.45) is 0.326. The number of halogens is 2. The Hall–Kier alpha value is -3.19. The van der Waals surface area contributed by atoms with Gasteiger partial charge in [0.1, 0.15) is 17.6 Å². The molecule has 0 heterocycles. The van der Waals surface area contributed by atoms with E-state index in [1.807, 2.05) is 77.1 Å². The van der Waals surface area contributed by atoms with E-state index in [4.69, 9.17) is 4.74 Å². The molecule has 2 amide bonds. The molecule has 1 N–H and O–H groups in total. The van der Waals surface area contributed by atoms with Crippen LogP contribution in [0.3, 0.4) is 0 Å². The lowest BCUT2D eigenvalue weighted by Crippen LogP contribution is -2.55. The molecule has 0 saturated heterocycles. The highest BCUT2D eigenvalue weighted by Gasteiger charge is 2.32. The first kappa shape index (κ1) is 28.4. The van der Waals surface area contributed by atoms with Crippen LogP contribution >= 0.6 is 15.9 Å². The van der Waals surface area contributed by atoms with Gasteiger partial charge in [-0.3, -0.25) is 9.59 Å². The zero-order valence-electron chi connectivity index (χ0n) is 22.0. The number of benzene rings is 3. The molecule has 0 spiro atoms. The zero-order valence-corrected chi connectivity index (χ0v) is 23.6. The van der Waals surface area contributed by atoms with Crippen LogP contribution in [-0.4, -0.2) is 34.9 Å². The predicted molar refractivity (Wildman–Crippen MR) is 148 cm³/mol. The normalized spacial score (nSPS) is 12.1. The number of hydrogen-bond acceptors (Lipinski definition) is 3. The summed E-state index contributed by atoms with van der Waals surface area (Å²) < 4.78 is 20.5. The minimum Gasteiger partial charge on any atom is -0.484 e. The van der Waals surface area contributed by atoms with Gasteiger partial charge in [0, 0.05) is 23.0 Å². The number of rotatable bonds is 9.